The average molecular weight is 519 g/mol. The fraction of sp³-hybridized carbons (Fsp3) is 0.355. The zero-order valence-electron chi connectivity index (χ0n) is 21.6. The van der Waals surface area contributed by atoms with Gasteiger partial charge in [0, 0.05) is 24.0 Å². The summed E-state index contributed by atoms with van der Waals surface area (Å²) in [6.45, 7) is 4.12. The Morgan fingerprint density at radius 3 is 2.35 bits per heavy atom. The highest BCUT2D eigenvalue weighted by Gasteiger charge is 2.32. The molecule has 6 heteroatoms. The number of nitrogens with zero attached hydrogens (tertiary/aromatic N) is 1. The number of ether oxygens (including phenoxy) is 1. The highest BCUT2D eigenvalue weighted by atomic mass is 35.5. The maximum absolute atomic E-state index is 13.8. The number of amides is 2. The van der Waals surface area contributed by atoms with Crippen molar-refractivity contribution in [2.24, 2.45) is 0 Å². The molecule has 0 radical (unpaired) electrons. The monoisotopic (exact) mass is 518 g/mol. The van der Waals surface area contributed by atoms with E-state index in [1.165, 1.54) is 0 Å². The molecule has 4 rings (SSSR count). The normalized spacial score (nSPS) is 14.2. The van der Waals surface area contributed by atoms with Crippen molar-refractivity contribution < 1.29 is 14.3 Å². The van der Waals surface area contributed by atoms with Gasteiger partial charge in [-0.05, 0) is 67.1 Å². The van der Waals surface area contributed by atoms with E-state index in [1.807, 2.05) is 74.5 Å². The second-order valence-electron chi connectivity index (χ2n) is 9.83. The number of hydrogen-bond acceptors (Lipinski definition) is 3. The maximum atomic E-state index is 13.8. The molecule has 1 saturated carbocycles. The Labute approximate surface area is 224 Å². The Morgan fingerprint density at radius 2 is 1.65 bits per heavy atom. The third-order valence-corrected chi connectivity index (χ3v) is 7.40. The SMILES string of the molecule is Cc1cccc(OCC(=O)N(Cc2ccc(Cl)cc2)C(Cc2ccccc2)C(=O)NC2CCCC2)c1C. The first kappa shape index (κ1) is 26.7. The third kappa shape index (κ3) is 7.36. The number of benzene rings is 3. The standard InChI is InChI=1S/C31H35ClN2O3/c1-22-9-8-14-29(23(22)2)37-21-30(35)34(20-25-15-17-26(32)18-16-25)28(19-24-10-4-3-5-11-24)31(36)33-27-12-6-7-13-27/h3-5,8-11,14-18,27-28H,6-7,12-13,19-21H2,1-2H3,(H,33,36). The van der Waals surface area contributed by atoms with Crippen molar-refractivity contribution in [3.8, 4) is 5.75 Å². The predicted molar refractivity (Wildman–Crippen MR) is 148 cm³/mol. The lowest BCUT2D eigenvalue weighted by molar-refractivity contribution is -0.143. The van der Waals surface area contributed by atoms with Gasteiger partial charge in [0.05, 0.1) is 0 Å². The van der Waals surface area contributed by atoms with Crippen LogP contribution in [0.15, 0.2) is 72.8 Å². The van der Waals surface area contributed by atoms with E-state index in [9.17, 15) is 9.59 Å². The van der Waals surface area contributed by atoms with Crippen LogP contribution in [-0.4, -0.2) is 35.4 Å². The number of carbonyl (C=O) groups excluding carboxylic acids is 2. The van der Waals surface area contributed by atoms with Gasteiger partial charge in [0.15, 0.2) is 6.61 Å². The first-order valence-electron chi connectivity index (χ1n) is 13.0. The van der Waals surface area contributed by atoms with E-state index in [0.717, 1.165) is 47.9 Å². The lowest BCUT2D eigenvalue weighted by atomic mass is 10.0. The van der Waals surface area contributed by atoms with Gasteiger partial charge >= 0.3 is 0 Å². The van der Waals surface area contributed by atoms with Crippen molar-refractivity contribution in [2.45, 2.75) is 64.6 Å². The van der Waals surface area contributed by atoms with Crippen molar-refractivity contribution in [3.63, 3.8) is 0 Å². The molecule has 37 heavy (non-hydrogen) atoms. The molecule has 1 unspecified atom stereocenters. The number of rotatable bonds is 10. The fourth-order valence-corrected chi connectivity index (χ4v) is 4.94. The Balaban J connectivity index is 1.62. The minimum atomic E-state index is -0.673. The fourth-order valence-electron chi connectivity index (χ4n) is 4.81. The van der Waals surface area contributed by atoms with E-state index in [1.54, 1.807) is 17.0 Å². The van der Waals surface area contributed by atoms with Gasteiger partial charge in [0.25, 0.3) is 5.91 Å². The minimum absolute atomic E-state index is 0.121. The van der Waals surface area contributed by atoms with Crippen molar-refractivity contribution in [1.29, 1.82) is 0 Å². The molecule has 0 saturated heterocycles. The van der Waals surface area contributed by atoms with E-state index in [4.69, 9.17) is 16.3 Å². The lowest BCUT2D eigenvalue weighted by Crippen LogP contribution is -2.53. The average Bonchev–Trinajstić information content (AvgIpc) is 3.41. The summed E-state index contributed by atoms with van der Waals surface area (Å²) in [6.07, 6.45) is 4.61. The van der Waals surface area contributed by atoms with E-state index in [-0.39, 0.29) is 31.0 Å². The van der Waals surface area contributed by atoms with Gasteiger partial charge in [-0.25, -0.2) is 0 Å². The number of nitrogens with one attached hydrogen (secondary N) is 1. The zero-order chi connectivity index (χ0) is 26.2. The summed E-state index contributed by atoms with van der Waals surface area (Å²) >= 11 is 6.11. The van der Waals surface area contributed by atoms with Crippen LogP contribution in [0.25, 0.3) is 0 Å². The third-order valence-electron chi connectivity index (χ3n) is 7.14. The smallest absolute Gasteiger partial charge is 0.261 e. The molecular formula is C31H35ClN2O3. The van der Waals surface area contributed by atoms with Crippen LogP contribution in [0.3, 0.4) is 0 Å². The van der Waals surface area contributed by atoms with Crippen molar-refractivity contribution in [1.82, 2.24) is 10.2 Å². The van der Waals surface area contributed by atoms with Gasteiger partial charge in [-0.2, -0.15) is 0 Å². The van der Waals surface area contributed by atoms with Crippen LogP contribution < -0.4 is 10.1 Å². The zero-order valence-corrected chi connectivity index (χ0v) is 22.3. The summed E-state index contributed by atoms with van der Waals surface area (Å²) in [5, 5.41) is 3.85. The Kier molecular flexibility index (Phi) is 9.24. The highest BCUT2D eigenvalue weighted by Crippen LogP contribution is 2.23. The van der Waals surface area contributed by atoms with Crippen LogP contribution in [0.2, 0.25) is 5.02 Å². The molecular weight excluding hydrogens is 484 g/mol. The summed E-state index contributed by atoms with van der Waals surface area (Å²) < 4.78 is 5.99. The second kappa shape index (κ2) is 12.8. The molecule has 3 aromatic carbocycles. The molecule has 1 fully saturated rings. The molecule has 0 aromatic heterocycles. The quantitative estimate of drug-likeness (QED) is 0.356. The van der Waals surface area contributed by atoms with Gasteiger partial charge < -0.3 is 15.0 Å². The molecule has 1 atom stereocenters. The van der Waals surface area contributed by atoms with E-state index in [2.05, 4.69) is 5.32 Å². The molecule has 1 aliphatic carbocycles. The molecule has 1 N–H and O–H groups in total. The number of halogens is 1. The Hall–Kier alpha value is -3.31. The summed E-state index contributed by atoms with van der Waals surface area (Å²) in [4.78, 5) is 29.1. The molecule has 2 amide bonds. The first-order valence-corrected chi connectivity index (χ1v) is 13.4. The van der Waals surface area contributed by atoms with Crippen molar-refractivity contribution >= 4 is 23.4 Å². The maximum Gasteiger partial charge on any atom is 0.261 e. The van der Waals surface area contributed by atoms with Crippen LogP contribution in [-0.2, 0) is 22.6 Å². The van der Waals surface area contributed by atoms with E-state index in [0.29, 0.717) is 17.2 Å². The molecule has 0 aliphatic heterocycles. The van der Waals surface area contributed by atoms with Crippen LogP contribution in [0.1, 0.15) is 47.9 Å². The van der Waals surface area contributed by atoms with Crippen LogP contribution in [0.5, 0.6) is 5.75 Å². The summed E-state index contributed by atoms with van der Waals surface area (Å²) in [7, 11) is 0. The molecule has 0 heterocycles. The summed E-state index contributed by atoms with van der Waals surface area (Å²) in [5.74, 6) is 0.318. The molecule has 3 aromatic rings. The van der Waals surface area contributed by atoms with Gasteiger partial charge in [-0.15, -0.1) is 0 Å². The summed E-state index contributed by atoms with van der Waals surface area (Å²) in [5.41, 5.74) is 4.00. The van der Waals surface area contributed by atoms with Crippen LogP contribution >= 0.6 is 11.6 Å². The lowest BCUT2D eigenvalue weighted by Gasteiger charge is -2.32. The largest absolute Gasteiger partial charge is 0.483 e. The van der Waals surface area contributed by atoms with E-state index < -0.39 is 6.04 Å². The summed E-state index contributed by atoms with van der Waals surface area (Å²) in [6, 6.07) is 22.5. The minimum Gasteiger partial charge on any atom is -0.483 e. The van der Waals surface area contributed by atoms with Crippen LogP contribution in [0, 0.1) is 13.8 Å². The Bertz CT molecular complexity index is 1190. The van der Waals surface area contributed by atoms with Crippen LogP contribution in [0.4, 0.5) is 0 Å². The number of carbonyl (C=O) groups is 2. The molecule has 1 aliphatic rings. The molecule has 194 valence electrons. The first-order chi connectivity index (χ1) is 17.9. The topological polar surface area (TPSA) is 58.6 Å². The highest BCUT2D eigenvalue weighted by molar-refractivity contribution is 6.30. The molecule has 5 nitrogen and oxygen atoms in total. The Morgan fingerprint density at radius 1 is 0.946 bits per heavy atom. The van der Waals surface area contributed by atoms with Gasteiger partial charge in [-0.1, -0.05) is 79.0 Å². The van der Waals surface area contributed by atoms with Gasteiger partial charge in [0.2, 0.25) is 5.91 Å². The van der Waals surface area contributed by atoms with Gasteiger partial charge in [-0.3, -0.25) is 9.59 Å². The molecule has 0 bridgehead atoms. The predicted octanol–water partition coefficient (Wildman–Crippen LogP) is 6.03. The van der Waals surface area contributed by atoms with E-state index >= 15 is 0 Å². The molecule has 0 spiro atoms. The number of aryl methyl sites for hydroxylation is 1. The number of hydrogen-bond donors (Lipinski definition) is 1. The second-order valence-corrected chi connectivity index (χ2v) is 10.3. The van der Waals surface area contributed by atoms with Gasteiger partial charge in [0.1, 0.15) is 11.8 Å². The van der Waals surface area contributed by atoms with Crippen molar-refractivity contribution in [3.05, 3.63) is 100 Å². The van der Waals surface area contributed by atoms with Crippen molar-refractivity contribution in [2.75, 3.05) is 6.61 Å².